The number of halogens is 2. The van der Waals surface area contributed by atoms with Crippen LogP contribution in [0.25, 0.3) is 0 Å². The first kappa shape index (κ1) is 16.0. The number of aromatic nitrogens is 2. The minimum absolute atomic E-state index is 0.216. The molecule has 24 heavy (non-hydrogen) atoms. The molecule has 0 spiro atoms. The lowest BCUT2D eigenvalue weighted by Gasteiger charge is -2.20. The Bertz CT molecular complexity index is 795. The van der Waals surface area contributed by atoms with Crippen molar-refractivity contribution >= 4 is 27.7 Å². The van der Waals surface area contributed by atoms with Crippen molar-refractivity contribution in [3.8, 4) is 17.7 Å². The lowest BCUT2D eigenvalue weighted by Crippen LogP contribution is -2.22. The summed E-state index contributed by atoms with van der Waals surface area (Å²) < 4.78 is 28.4. The normalized spacial score (nSPS) is 24.7. The number of nitrogens with zero attached hydrogens (tertiary/aromatic N) is 3. The van der Waals surface area contributed by atoms with Gasteiger partial charge in [-0.2, -0.15) is 4.37 Å². The Morgan fingerprint density at radius 2 is 2.25 bits per heavy atom. The SMILES string of the molecule is Fc1cc(Br)cc(C#CCOc2nsnc2C2CN3CCC2C3)c1. The number of fused-ring (bicyclic) bond motifs is 2. The second-order valence-corrected chi connectivity index (χ2v) is 7.56. The van der Waals surface area contributed by atoms with E-state index in [-0.39, 0.29) is 12.4 Å². The molecule has 2 saturated heterocycles. The van der Waals surface area contributed by atoms with Crippen LogP contribution in [-0.2, 0) is 0 Å². The summed E-state index contributed by atoms with van der Waals surface area (Å²) in [4.78, 5) is 2.47. The molecule has 2 fully saturated rings. The first-order chi connectivity index (χ1) is 11.7. The summed E-state index contributed by atoms with van der Waals surface area (Å²) >= 11 is 4.45. The zero-order chi connectivity index (χ0) is 16.5. The Hall–Kier alpha value is -1.49. The Kier molecular flexibility index (Phi) is 4.53. The number of ether oxygens (including phenoxy) is 1. The number of benzene rings is 1. The highest BCUT2D eigenvalue weighted by molar-refractivity contribution is 9.10. The van der Waals surface area contributed by atoms with E-state index in [2.05, 4.69) is 41.4 Å². The second kappa shape index (κ2) is 6.79. The molecule has 3 heterocycles. The summed E-state index contributed by atoms with van der Waals surface area (Å²) in [6.07, 6.45) is 1.23. The molecule has 2 aliphatic heterocycles. The van der Waals surface area contributed by atoms with Crippen LogP contribution in [-0.4, -0.2) is 39.9 Å². The van der Waals surface area contributed by atoms with Gasteiger partial charge in [0.05, 0.1) is 11.7 Å². The highest BCUT2D eigenvalue weighted by atomic mass is 79.9. The Balaban J connectivity index is 1.41. The molecule has 2 aliphatic rings. The predicted molar refractivity (Wildman–Crippen MR) is 93.7 cm³/mol. The summed E-state index contributed by atoms with van der Waals surface area (Å²) in [7, 11) is 0. The van der Waals surface area contributed by atoms with Crippen LogP contribution in [0.2, 0.25) is 0 Å². The monoisotopic (exact) mass is 407 g/mol. The van der Waals surface area contributed by atoms with Gasteiger partial charge in [-0.15, -0.1) is 4.37 Å². The van der Waals surface area contributed by atoms with Gasteiger partial charge in [0.25, 0.3) is 0 Å². The van der Waals surface area contributed by atoms with Gasteiger partial charge in [0.15, 0.2) is 6.61 Å². The van der Waals surface area contributed by atoms with Gasteiger partial charge in [0.2, 0.25) is 5.88 Å². The first-order valence-electron chi connectivity index (χ1n) is 7.81. The third-order valence-corrected chi connectivity index (χ3v) is 5.53. The highest BCUT2D eigenvalue weighted by Gasteiger charge is 2.41. The van der Waals surface area contributed by atoms with Crippen molar-refractivity contribution < 1.29 is 9.13 Å². The lowest BCUT2D eigenvalue weighted by molar-refractivity contribution is 0.323. The average molecular weight is 408 g/mol. The van der Waals surface area contributed by atoms with Gasteiger partial charge in [0.1, 0.15) is 11.5 Å². The molecule has 4 nitrogen and oxygen atoms in total. The fourth-order valence-electron chi connectivity index (χ4n) is 3.48. The van der Waals surface area contributed by atoms with Crippen molar-refractivity contribution in [1.82, 2.24) is 13.6 Å². The van der Waals surface area contributed by atoms with E-state index in [9.17, 15) is 4.39 Å². The smallest absolute Gasteiger partial charge is 0.250 e. The first-order valence-corrected chi connectivity index (χ1v) is 9.34. The lowest BCUT2D eigenvalue weighted by atomic mass is 9.90. The molecule has 0 amide bonds. The van der Waals surface area contributed by atoms with Crippen LogP contribution in [0.4, 0.5) is 4.39 Å². The Morgan fingerprint density at radius 1 is 1.33 bits per heavy atom. The molecule has 0 N–H and O–H groups in total. The molecule has 0 aliphatic carbocycles. The van der Waals surface area contributed by atoms with E-state index in [0.29, 0.717) is 27.8 Å². The largest absolute Gasteiger partial charge is 0.463 e. The van der Waals surface area contributed by atoms with Crippen LogP contribution in [0.5, 0.6) is 5.88 Å². The van der Waals surface area contributed by atoms with E-state index in [0.717, 1.165) is 18.8 Å². The summed E-state index contributed by atoms with van der Waals surface area (Å²) in [6, 6.07) is 4.58. The number of hydrogen-bond donors (Lipinski definition) is 0. The molecule has 3 unspecified atom stereocenters. The van der Waals surface area contributed by atoms with Crippen LogP contribution in [0.15, 0.2) is 22.7 Å². The van der Waals surface area contributed by atoms with Gasteiger partial charge < -0.3 is 9.64 Å². The number of piperidine rings is 1. The molecule has 0 saturated carbocycles. The molecule has 1 aromatic carbocycles. The molecule has 3 atom stereocenters. The molecule has 0 radical (unpaired) electrons. The van der Waals surface area contributed by atoms with Crippen molar-refractivity contribution in [2.75, 3.05) is 26.2 Å². The van der Waals surface area contributed by atoms with Crippen LogP contribution >= 0.6 is 27.7 Å². The van der Waals surface area contributed by atoms with Gasteiger partial charge in [0, 0.05) is 29.0 Å². The van der Waals surface area contributed by atoms with E-state index in [1.54, 1.807) is 6.07 Å². The standard InChI is InChI=1S/C17H15BrFN3OS/c18-13-6-11(7-14(19)8-13)2-1-5-23-17-16(20-24-21-17)15-10-22-4-3-12(15)9-22/h6-8,12,15H,3-5,9-10H2. The maximum atomic E-state index is 13.3. The van der Waals surface area contributed by atoms with Gasteiger partial charge in [-0.3, -0.25) is 0 Å². The van der Waals surface area contributed by atoms with E-state index in [1.165, 1.54) is 36.8 Å². The van der Waals surface area contributed by atoms with Crippen LogP contribution in [0, 0.1) is 23.6 Å². The molecule has 1 aromatic heterocycles. The van der Waals surface area contributed by atoms with Crippen molar-refractivity contribution in [3.63, 3.8) is 0 Å². The van der Waals surface area contributed by atoms with Crippen molar-refractivity contribution in [1.29, 1.82) is 0 Å². The molecular weight excluding hydrogens is 393 g/mol. The van der Waals surface area contributed by atoms with Crippen molar-refractivity contribution in [3.05, 3.63) is 39.7 Å². The van der Waals surface area contributed by atoms with E-state index in [4.69, 9.17) is 4.74 Å². The molecule has 124 valence electrons. The Labute approximate surface area is 152 Å². The Morgan fingerprint density at radius 3 is 3.00 bits per heavy atom. The topological polar surface area (TPSA) is 38.3 Å². The molecular formula is C17H15BrFN3OS. The highest BCUT2D eigenvalue weighted by Crippen LogP contribution is 2.41. The van der Waals surface area contributed by atoms with Crippen LogP contribution in [0.3, 0.4) is 0 Å². The quantitative estimate of drug-likeness (QED) is 0.731. The molecule has 4 rings (SSSR count). The molecule has 2 bridgehead atoms. The third-order valence-electron chi connectivity index (χ3n) is 4.54. The van der Waals surface area contributed by atoms with Gasteiger partial charge in [-0.1, -0.05) is 27.8 Å². The van der Waals surface area contributed by atoms with Gasteiger partial charge >= 0.3 is 0 Å². The zero-order valence-electron chi connectivity index (χ0n) is 12.8. The summed E-state index contributed by atoms with van der Waals surface area (Å²) in [5, 5.41) is 0. The van der Waals surface area contributed by atoms with Crippen molar-refractivity contribution in [2.24, 2.45) is 5.92 Å². The number of hydrogen-bond acceptors (Lipinski definition) is 5. The maximum Gasteiger partial charge on any atom is 0.250 e. The third kappa shape index (κ3) is 3.32. The predicted octanol–water partition coefficient (Wildman–Crippen LogP) is 3.29. The van der Waals surface area contributed by atoms with Crippen LogP contribution in [0.1, 0.15) is 23.6 Å². The number of rotatable bonds is 3. The fraction of sp³-hybridized carbons (Fsp3) is 0.412. The minimum atomic E-state index is -0.313. The van der Waals surface area contributed by atoms with Gasteiger partial charge in [-0.05, 0) is 37.1 Å². The van der Waals surface area contributed by atoms with Crippen LogP contribution < -0.4 is 4.74 Å². The molecule has 7 heteroatoms. The molecule has 2 aromatic rings. The second-order valence-electron chi connectivity index (χ2n) is 6.12. The minimum Gasteiger partial charge on any atom is -0.463 e. The summed E-state index contributed by atoms with van der Waals surface area (Å²) in [5.74, 6) is 7.21. The van der Waals surface area contributed by atoms with Gasteiger partial charge in [-0.25, -0.2) is 4.39 Å². The van der Waals surface area contributed by atoms with Crippen molar-refractivity contribution in [2.45, 2.75) is 12.3 Å². The fourth-order valence-corrected chi connectivity index (χ4v) is 4.50. The van der Waals surface area contributed by atoms with E-state index >= 15 is 0 Å². The van der Waals surface area contributed by atoms with E-state index < -0.39 is 0 Å². The van der Waals surface area contributed by atoms with E-state index in [1.807, 2.05) is 0 Å². The zero-order valence-corrected chi connectivity index (χ0v) is 15.2. The maximum absolute atomic E-state index is 13.3. The summed E-state index contributed by atoms with van der Waals surface area (Å²) in [6.45, 7) is 3.63. The summed E-state index contributed by atoms with van der Waals surface area (Å²) in [5.41, 5.74) is 1.59. The average Bonchev–Trinajstić information content (AvgIpc) is 3.26.